The maximum atomic E-state index is 13.4. The molecule has 0 aromatic heterocycles. The molecule has 0 atom stereocenters. The Bertz CT molecular complexity index is 1990. The van der Waals surface area contributed by atoms with Gasteiger partial charge in [0.05, 0.1) is 35.1 Å². The van der Waals surface area contributed by atoms with Crippen LogP contribution in [0.2, 0.25) is 0 Å². The molecular formula is C114H249F3O6. The number of aliphatic hydroxyl groups excluding tert-OH is 3. The first-order valence-corrected chi connectivity index (χ1v) is 48.0. The van der Waals surface area contributed by atoms with Gasteiger partial charge >= 0.3 is 0 Å². The van der Waals surface area contributed by atoms with Crippen molar-refractivity contribution >= 4 is 0 Å². The van der Waals surface area contributed by atoms with Gasteiger partial charge in [0.1, 0.15) is 18.5 Å². The van der Waals surface area contributed by atoms with Gasteiger partial charge in [0.2, 0.25) is 0 Å². The zero-order chi connectivity index (χ0) is 106. The van der Waals surface area contributed by atoms with Crippen molar-refractivity contribution in [2.24, 2.45) is 148 Å². The SMILES string of the molecule is CC(C(C)(C)C)C(C)(C)C.CC(C(C)(C)C)C(C)(C)C.CC(C(C)(C)C)C(C)(C)C.CC(C)(C)C(C)(O)C(C)(C)C.CC(C)(C)C(C)(O)C(C)(C)C.CC(C)(C)C(C)(O)C(C)(C)C.CC(C)(C)C(F)C(C)(C)C.CC(C)(C)C(F)C(C)(C)C.CC(C)(C)C(F)C(C)(C)C.CC(C)(C)C(O)C(C)(C)C.CC(C)(C)C(O)C(C)(C)C.CC(C)(C)C(O)C(C)(C)C. The Hall–Kier alpha value is -0.450. The van der Waals surface area contributed by atoms with Gasteiger partial charge in [0.25, 0.3) is 0 Å². The van der Waals surface area contributed by atoms with Crippen molar-refractivity contribution in [1.82, 2.24) is 0 Å². The van der Waals surface area contributed by atoms with Crippen molar-refractivity contribution in [2.75, 3.05) is 0 Å². The Labute approximate surface area is 780 Å². The van der Waals surface area contributed by atoms with Crippen LogP contribution in [0.4, 0.5) is 13.2 Å². The van der Waals surface area contributed by atoms with E-state index in [0.717, 1.165) is 17.8 Å². The van der Waals surface area contributed by atoms with Crippen LogP contribution in [0.5, 0.6) is 0 Å². The van der Waals surface area contributed by atoms with Gasteiger partial charge in [-0.1, -0.05) is 519 Å². The zero-order valence-electron chi connectivity index (χ0n) is 101. The monoisotopic (exact) mass is 1770 g/mol. The molecule has 0 aromatic carbocycles. The maximum absolute atomic E-state index is 13.4. The lowest BCUT2D eigenvalue weighted by Crippen LogP contribution is -2.50. The number of aliphatic hydroxyl groups is 6. The van der Waals surface area contributed by atoms with E-state index in [1.54, 1.807) is 0 Å². The second-order valence-electron chi connectivity index (χ2n) is 63.8. The van der Waals surface area contributed by atoms with E-state index in [-0.39, 0.29) is 116 Å². The van der Waals surface area contributed by atoms with E-state index in [1.807, 2.05) is 145 Å². The summed E-state index contributed by atoms with van der Waals surface area (Å²) in [5.74, 6) is 2.29. The quantitative estimate of drug-likeness (QED) is 0.144. The first-order valence-electron chi connectivity index (χ1n) is 48.0. The predicted molar refractivity (Wildman–Crippen MR) is 559 cm³/mol. The number of hydrogen-bond donors (Lipinski definition) is 6. The molecule has 6 N–H and O–H groups in total. The molecule has 0 amide bonds. The van der Waals surface area contributed by atoms with Gasteiger partial charge in [-0.2, -0.15) is 0 Å². The van der Waals surface area contributed by atoms with Crippen LogP contribution in [0, 0.1) is 148 Å². The molecule has 0 aliphatic heterocycles. The third-order valence-electron chi connectivity index (χ3n) is 26.0. The van der Waals surface area contributed by atoms with Gasteiger partial charge in [-0.25, -0.2) is 13.2 Å². The highest BCUT2D eigenvalue weighted by molar-refractivity contribution is 4.99. The summed E-state index contributed by atoms with van der Waals surface area (Å²) < 4.78 is 40.2. The molecule has 6 nitrogen and oxygen atoms in total. The molecule has 0 saturated heterocycles. The van der Waals surface area contributed by atoms with Gasteiger partial charge in [-0.3, -0.25) is 0 Å². The Morgan fingerprint density at radius 2 is 0.195 bits per heavy atom. The van der Waals surface area contributed by atoms with Gasteiger partial charge in [-0.15, -0.1) is 0 Å². The lowest BCUT2D eigenvalue weighted by Gasteiger charge is -2.47. The molecule has 0 aliphatic carbocycles. The molecule has 0 aromatic rings. The standard InChI is InChI=1S/3C10H22O.3C10H22.3C9H19F.3C9H20O/c3*1-8(2,3)10(7,11)9(4,5)6;3*1-8(9(2,3)4)10(5,6)7;6*1-8(2,3)7(10)9(4,5)6/h3*11H,1-7H3;3*8H,1-7H3;3*7H,1-6H3;3*7,10H,1-6H3. The maximum Gasteiger partial charge on any atom is 0.110 e. The molecule has 762 valence electrons. The molecule has 0 aliphatic rings. The molecule has 123 heavy (non-hydrogen) atoms. The molecule has 0 saturated carbocycles. The van der Waals surface area contributed by atoms with Crippen molar-refractivity contribution in [3.8, 4) is 0 Å². The number of hydrogen-bond acceptors (Lipinski definition) is 6. The van der Waals surface area contributed by atoms with E-state index in [4.69, 9.17) is 0 Å². The second kappa shape index (κ2) is 49.7. The van der Waals surface area contributed by atoms with Crippen molar-refractivity contribution < 1.29 is 43.8 Å². The number of alkyl halides is 3. The van der Waals surface area contributed by atoms with E-state index in [2.05, 4.69) is 395 Å². The third-order valence-corrected chi connectivity index (χ3v) is 26.0. The fourth-order valence-electron chi connectivity index (χ4n) is 15.1. The fourth-order valence-corrected chi connectivity index (χ4v) is 15.1. The van der Waals surface area contributed by atoms with Crippen molar-refractivity contribution in [2.45, 2.75) is 594 Å². The molecule has 0 spiro atoms. The summed E-state index contributed by atoms with van der Waals surface area (Å²) >= 11 is 0. The summed E-state index contributed by atoms with van der Waals surface area (Å²) in [6.07, 6.45) is -2.92. The Morgan fingerprint density at radius 3 is 0.195 bits per heavy atom. The first-order chi connectivity index (χ1) is 50.9. The van der Waals surface area contributed by atoms with Gasteiger partial charge in [0.15, 0.2) is 0 Å². The molecular weight excluding hydrogens is 1520 g/mol. The molecule has 0 fully saturated rings. The van der Waals surface area contributed by atoms with Crippen LogP contribution in [-0.2, 0) is 0 Å². The van der Waals surface area contributed by atoms with Crippen molar-refractivity contribution in [3.05, 3.63) is 0 Å². The predicted octanol–water partition coefficient (Wildman–Crippen LogP) is 37.2. The van der Waals surface area contributed by atoms with Crippen LogP contribution in [0.3, 0.4) is 0 Å². The topological polar surface area (TPSA) is 121 Å². The van der Waals surface area contributed by atoms with E-state index >= 15 is 0 Å². The largest absolute Gasteiger partial charge is 0.392 e. The van der Waals surface area contributed by atoms with E-state index in [9.17, 15) is 43.8 Å². The summed E-state index contributed by atoms with van der Waals surface area (Å²) in [6.45, 7) is 163. The normalized spacial score (nSPS) is 14.6. The zero-order valence-corrected chi connectivity index (χ0v) is 101. The molecule has 0 heterocycles. The minimum atomic E-state index is -0.736. The Morgan fingerprint density at radius 1 is 0.130 bits per heavy atom. The van der Waals surface area contributed by atoms with E-state index < -0.39 is 35.3 Å². The van der Waals surface area contributed by atoms with Crippen LogP contribution in [0.1, 0.15) is 540 Å². The molecule has 0 unspecified atom stereocenters. The highest BCUT2D eigenvalue weighted by atomic mass is 19.1. The second-order valence-corrected chi connectivity index (χ2v) is 63.8. The average Bonchev–Trinajstić information content (AvgIpc) is 0.793. The summed E-state index contributed by atoms with van der Waals surface area (Å²) in [5, 5.41) is 59.7. The molecule has 0 bridgehead atoms. The summed E-state index contributed by atoms with van der Waals surface area (Å²) in [5.41, 5.74) is -0.958. The molecule has 9 heteroatoms. The highest BCUT2D eigenvalue weighted by Crippen LogP contribution is 2.48. The summed E-state index contributed by atoms with van der Waals surface area (Å²) in [6, 6.07) is 0. The first kappa shape index (κ1) is 148. The van der Waals surface area contributed by atoms with Gasteiger partial charge in [-0.05, 0) is 168 Å². The van der Waals surface area contributed by atoms with Gasteiger partial charge in [0, 0.05) is 0 Å². The fraction of sp³-hybridized carbons (Fsp3) is 1.00. The summed E-state index contributed by atoms with van der Waals surface area (Å²) in [4.78, 5) is 0. The van der Waals surface area contributed by atoms with Crippen LogP contribution in [0.15, 0.2) is 0 Å². The summed E-state index contributed by atoms with van der Waals surface area (Å²) in [7, 11) is 0. The van der Waals surface area contributed by atoms with Crippen LogP contribution in [-0.4, -0.2) is 84.3 Å². The van der Waals surface area contributed by atoms with Crippen LogP contribution < -0.4 is 0 Å². The smallest absolute Gasteiger partial charge is 0.110 e. The van der Waals surface area contributed by atoms with Crippen molar-refractivity contribution in [3.63, 3.8) is 0 Å². The Balaban J connectivity index is -0.000000109. The van der Waals surface area contributed by atoms with E-state index in [1.165, 1.54) is 0 Å². The Kier molecular flexibility index (Phi) is 59.8. The average molecular weight is 1770 g/mol. The minimum absolute atomic E-state index is 0.00174. The number of halogens is 3. The third kappa shape index (κ3) is 66.6. The van der Waals surface area contributed by atoms with Crippen LogP contribution >= 0.6 is 0 Å². The minimum Gasteiger partial charge on any atom is -0.392 e. The lowest BCUT2D eigenvalue weighted by molar-refractivity contribution is -0.121. The molecule has 0 radical (unpaired) electrons. The molecule has 0 rings (SSSR count). The number of rotatable bonds is 0. The van der Waals surface area contributed by atoms with Crippen molar-refractivity contribution in [1.29, 1.82) is 0 Å². The lowest BCUT2D eigenvalue weighted by atomic mass is 9.64. The van der Waals surface area contributed by atoms with Gasteiger partial charge < -0.3 is 30.6 Å². The highest BCUT2D eigenvalue weighted by Gasteiger charge is 2.48. The van der Waals surface area contributed by atoms with E-state index in [0.29, 0.717) is 32.5 Å². The van der Waals surface area contributed by atoms with Crippen LogP contribution in [0.25, 0.3) is 0 Å².